The summed E-state index contributed by atoms with van der Waals surface area (Å²) in [6, 6.07) is 17.8. The summed E-state index contributed by atoms with van der Waals surface area (Å²) in [5.41, 5.74) is 2.94. The molecule has 0 aliphatic rings. The van der Waals surface area contributed by atoms with Crippen molar-refractivity contribution in [1.82, 2.24) is 14.7 Å². The molecule has 3 rings (SSSR count). The lowest BCUT2D eigenvalue weighted by Gasteiger charge is -2.20. The summed E-state index contributed by atoms with van der Waals surface area (Å²) < 4.78 is 15.1. The highest BCUT2D eigenvalue weighted by Crippen LogP contribution is 2.15. The minimum Gasteiger partial charge on any atom is -0.333 e. The molecule has 25 heavy (non-hydrogen) atoms. The first-order valence-corrected chi connectivity index (χ1v) is 8.24. The van der Waals surface area contributed by atoms with Gasteiger partial charge in [-0.2, -0.15) is 5.10 Å². The van der Waals surface area contributed by atoms with Gasteiger partial charge in [-0.25, -0.2) is 9.07 Å². The maximum Gasteiger partial charge on any atom is 0.274 e. The first-order chi connectivity index (χ1) is 12.1. The van der Waals surface area contributed by atoms with Crippen LogP contribution in [0.4, 0.5) is 4.39 Å². The molecule has 0 unspecified atom stereocenters. The Morgan fingerprint density at radius 3 is 2.56 bits per heavy atom. The number of amides is 1. The predicted octanol–water partition coefficient (Wildman–Crippen LogP) is 3.98. The second-order valence-electron chi connectivity index (χ2n) is 5.87. The van der Waals surface area contributed by atoms with Crippen molar-refractivity contribution in [3.63, 3.8) is 0 Å². The van der Waals surface area contributed by atoms with Gasteiger partial charge in [-0.3, -0.25) is 4.79 Å². The van der Waals surface area contributed by atoms with E-state index < -0.39 is 0 Å². The van der Waals surface area contributed by atoms with Gasteiger partial charge in [0.2, 0.25) is 0 Å². The van der Waals surface area contributed by atoms with Crippen molar-refractivity contribution in [3.8, 4) is 5.69 Å². The number of hydrogen-bond acceptors (Lipinski definition) is 2. The van der Waals surface area contributed by atoms with Crippen LogP contribution in [-0.2, 0) is 6.54 Å². The predicted molar refractivity (Wildman–Crippen MR) is 95.1 cm³/mol. The fourth-order valence-electron chi connectivity index (χ4n) is 2.75. The number of rotatable bonds is 5. The molecule has 0 radical (unpaired) electrons. The molecule has 0 N–H and O–H groups in total. The Hall–Kier alpha value is -2.95. The second kappa shape index (κ2) is 7.30. The van der Waals surface area contributed by atoms with E-state index >= 15 is 0 Å². The molecular formula is C20H20FN3O. The van der Waals surface area contributed by atoms with E-state index in [2.05, 4.69) is 5.10 Å². The molecule has 0 saturated heterocycles. The average molecular weight is 337 g/mol. The second-order valence-corrected chi connectivity index (χ2v) is 5.87. The van der Waals surface area contributed by atoms with Crippen molar-refractivity contribution >= 4 is 5.91 Å². The first kappa shape index (κ1) is 16.9. The van der Waals surface area contributed by atoms with E-state index in [0.29, 0.717) is 18.8 Å². The monoisotopic (exact) mass is 337 g/mol. The Bertz CT molecular complexity index is 874. The average Bonchev–Trinajstić information content (AvgIpc) is 3.02. The van der Waals surface area contributed by atoms with Crippen LogP contribution in [0.1, 0.15) is 28.7 Å². The van der Waals surface area contributed by atoms with E-state index in [0.717, 1.165) is 16.9 Å². The van der Waals surface area contributed by atoms with Crippen LogP contribution < -0.4 is 0 Å². The molecule has 0 saturated carbocycles. The largest absolute Gasteiger partial charge is 0.333 e. The third-order valence-corrected chi connectivity index (χ3v) is 4.04. The van der Waals surface area contributed by atoms with Crippen molar-refractivity contribution in [3.05, 3.63) is 83.4 Å². The quantitative estimate of drug-likeness (QED) is 0.706. The molecular weight excluding hydrogens is 317 g/mol. The lowest BCUT2D eigenvalue weighted by atomic mass is 10.2. The molecule has 3 aromatic rings. The Morgan fingerprint density at radius 1 is 1.12 bits per heavy atom. The van der Waals surface area contributed by atoms with E-state index in [9.17, 15) is 9.18 Å². The fraction of sp³-hybridized carbons (Fsp3) is 0.200. The number of nitrogens with zero attached hydrogens (tertiary/aromatic N) is 3. The van der Waals surface area contributed by atoms with E-state index in [4.69, 9.17) is 0 Å². The lowest BCUT2D eigenvalue weighted by molar-refractivity contribution is 0.0746. The Balaban J connectivity index is 1.84. The van der Waals surface area contributed by atoms with Gasteiger partial charge >= 0.3 is 0 Å². The zero-order valence-corrected chi connectivity index (χ0v) is 14.3. The van der Waals surface area contributed by atoms with E-state index in [1.807, 2.05) is 50.2 Å². The summed E-state index contributed by atoms with van der Waals surface area (Å²) in [4.78, 5) is 14.5. The summed E-state index contributed by atoms with van der Waals surface area (Å²) in [5, 5.41) is 4.46. The molecule has 0 bridgehead atoms. The minimum atomic E-state index is -0.301. The smallest absolute Gasteiger partial charge is 0.274 e. The number of para-hydroxylation sites is 1. The standard InChI is InChI=1S/C20H20FN3O/c1-3-23(14-16-8-7-9-17(21)13-16)20(25)19-12-15(2)24(22-19)18-10-5-4-6-11-18/h4-13H,3,14H2,1-2H3. The van der Waals surface area contributed by atoms with Gasteiger partial charge in [0, 0.05) is 18.8 Å². The van der Waals surface area contributed by atoms with Crippen LogP contribution in [0, 0.1) is 12.7 Å². The number of hydrogen-bond donors (Lipinski definition) is 0. The normalized spacial score (nSPS) is 10.7. The lowest BCUT2D eigenvalue weighted by Crippen LogP contribution is -2.30. The van der Waals surface area contributed by atoms with Gasteiger partial charge in [-0.05, 0) is 49.7 Å². The van der Waals surface area contributed by atoms with Gasteiger partial charge in [-0.15, -0.1) is 0 Å². The first-order valence-electron chi connectivity index (χ1n) is 8.24. The Labute approximate surface area is 146 Å². The molecule has 0 atom stereocenters. The molecule has 0 aliphatic carbocycles. The van der Waals surface area contributed by atoms with Gasteiger partial charge in [0.05, 0.1) is 5.69 Å². The highest BCUT2D eigenvalue weighted by molar-refractivity contribution is 5.92. The van der Waals surface area contributed by atoms with Gasteiger partial charge in [0.1, 0.15) is 5.82 Å². The highest BCUT2D eigenvalue weighted by atomic mass is 19.1. The molecule has 0 spiro atoms. The molecule has 5 heteroatoms. The van der Waals surface area contributed by atoms with Crippen LogP contribution in [0.15, 0.2) is 60.7 Å². The van der Waals surface area contributed by atoms with Crippen LogP contribution in [-0.4, -0.2) is 27.1 Å². The third-order valence-electron chi connectivity index (χ3n) is 4.04. The molecule has 1 amide bonds. The van der Waals surface area contributed by atoms with Crippen molar-refractivity contribution < 1.29 is 9.18 Å². The van der Waals surface area contributed by atoms with Crippen molar-refractivity contribution in [2.75, 3.05) is 6.54 Å². The summed E-state index contributed by atoms with van der Waals surface area (Å²) in [7, 11) is 0. The maximum absolute atomic E-state index is 13.4. The summed E-state index contributed by atoms with van der Waals surface area (Å²) in [5.74, 6) is -0.463. The van der Waals surface area contributed by atoms with Crippen molar-refractivity contribution in [1.29, 1.82) is 0 Å². The molecule has 128 valence electrons. The zero-order valence-electron chi connectivity index (χ0n) is 14.3. The molecule has 0 fully saturated rings. The van der Waals surface area contributed by atoms with Gasteiger partial charge in [0.15, 0.2) is 5.69 Å². The number of carbonyl (C=O) groups excluding carboxylic acids is 1. The van der Waals surface area contributed by atoms with Crippen LogP contribution in [0.3, 0.4) is 0 Å². The van der Waals surface area contributed by atoms with E-state index in [1.54, 1.807) is 21.7 Å². The van der Waals surface area contributed by atoms with Crippen LogP contribution in [0.5, 0.6) is 0 Å². The Morgan fingerprint density at radius 2 is 1.88 bits per heavy atom. The van der Waals surface area contributed by atoms with Crippen LogP contribution >= 0.6 is 0 Å². The number of benzene rings is 2. The van der Waals surface area contributed by atoms with Crippen molar-refractivity contribution in [2.24, 2.45) is 0 Å². The summed E-state index contributed by atoms with van der Waals surface area (Å²) in [6.07, 6.45) is 0. The van der Waals surface area contributed by atoms with E-state index in [-0.39, 0.29) is 11.7 Å². The topological polar surface area (TPSA) is 38.1 Å². The highest BCUT2D eigenvalue weighted by Gasteiger charge is 2.19. The fourth-order valence-corrected chi connectivity index (χ4v) is 2.75. The molecule has 1 heterocycles. The number of aryl methyl sites for hydroxylation is 1. The molecule has 0 aliphatic heterocycles. The molecule has 2 aromatic carbocycles. The van der Waals surface area contributed by atoms with Gasteiger partial charge < -0.3 is 4.90 Å². The number of aromatic nitrogens is 2. The summed E-state index contributed by atoms with van der Waals surface area (Å²) in [6.45, 7) is 4.69. The SMILES string of the molecule is CCN(Cc1cccc(F)c1)C(=O)c1cc(C)n(-c2ccccc2)n1. The molecule has 4 nitrogen and oxygen atoms in total. The summed E-state index contributed by atoms with van der Waals surface area (Å²) >= 11 is 0. The van der Waals surface area contributed by atoms with Gasteiger partial charge in [-0.1, -0.05) is 30.3 Å². The number of halogens is 1. The van der Waals surface area contributed by atoms with Crippen LogP contribution in [0.25, 0.3) is 5.69 Å². The van der Waals surface area contributed by atoms with Crippen molar-refractivity contribution in [2.45, 2.75) is 20.4 Å². The van der Waals surface area contributed by atoms with Gasteiger partial charge in [0.25, 0.3) is 5.91 Å². The Kier molecular flexibility index (Phi) is 4.93. The maximum atomic E-state index is 13.4. The zero-order chi connectivity index (χ0) is 17.8. The minimum absolute atomic E-state index is 0.162. The third kappa shape index (κ3) is 3.76. The molecule has 1 aromatic heterocycles. The van der Waals surface area contributed by atoms with Crippen LogP contribution in [0.2, 0.25) is 0 Å². The van der Waals surface area contributed by atoms with E-state index in [1.165, 1.54) is 12.1 Å². The number of carbonyl (C=O) groups is 1.